The SMILES string of the molecule is CCC(=O)OC1c2c(cc(-c3ccccc3)n2-c2ccc(Br)cc2)C(=O)CC1(C)C. The van der Waals surface area contributed by atoms with Crippen molar-refractivity contribution in [2.75, 3.05) is 0 Å². The number of carbonyl (C=O) groups excluding carboxylic acids is 2. The molecule has 0 fully saturated rings. The van der Waals surface area contributed by atoms with Crippen molar-refractivity contribution in [3.63, 3.8) is 0 Å². The van der Waals surface area contributed by atoms with E-state index in [1.807, 2.05) is 74.5 Å². The van der Waals surface area contributed by atoms with Crippen LogP contribution >= 0.6 is 15.9 Å². The van der Waals surface area contributed by atoms with Crippen molar-refractivity contribution in [1.29, 1.82) is 0 Å². The highest BCUT2D eigenvalue weighted by molar-refractivity contribution is 9.10. The van der Waals surface area contributed by atoms with Crippen LogP contribution in [0.15, 0.2) is 65.1 Å². The number of ether oxygens (including phenoxy) is 1. The van der Waals surface area contributed by atoms with Gasteiger partial charge in [0.15, 0.2) is 5.78 Å². The van der Waals surface area contributed by atoms with Crippen LogP contribution in [0.1, 0.15) is 55.8 Å². The Morgan fingerprint density at radius 2 is 1.80 bits per heavy atom. The topological polar surface area (TPSA) is 48.3 Å². The van der Waals surface area contributed by atoms with E-state index in [1.165, 1.54) is 0 Å². The summed E-state index contributed by atoms with van der Waals surface area (Å²) in [4.78, 5) is 25.4. The van der Waals surface area contributed by atoms with Crippen molar-refractivity contribution in [3.8, 4) is 16.9 Å². The lowest BCUT2D eigenvalue weighted by Crippen LogP contribution is -2.35. The van der Waals surface area contributed by atoms with Crippen molar-refractivity contribution >= 4 is 27.7 Å². The normalized spacial score (nSPS) is 17.5. The minimum absolute atomic E-state index is 0.0758. The molecule has 0 amide bonds. The first-order valence-electron chi connectivity index (χ1n) is 10.1. The summed E-state index contributed by atoms with van der Waals surface area (Å²) in [5.74, 6) is -0.190. The number of hydrogen-bond acceptors (Lipinski definition) is 3. The maximum atomic E-state index is 13.1. The molecule has 0 N–H and O–H groups in total. The van der Waals surface area contributed by atoms with Gasteiger partial charge in [0.05, 0.1) is 11.4 Å². The molecule has 5 heteroatoms. The Labute approximate surface area is 185 Å². The third kappa shape index (κ3) is 3.63. The first-order chi connectivity index (χ1) is 14.3. The van der Waals surface area contributed by atoms with E-state index in [9.17, 15) is 9.59 Å². The molecule has 1 aromatic heterocycles. The Hall–Kier alpha value is -2.66. The van der Waals surface area contributed by atoms with Crippen LogP contribution in [0, 0.1) is 5.41 Å². The molecule has 3 aromatic rings. The highest BCUT2D eigenvalue weighted by Crippen LogP contribution is 2.49. The molecular formula is C25H24BrNO3. The molecule has 0 saturated heterocycles. The van der Waals surface area contributed by atoms with E-state index in [1.54, 1.807) is 6.92 Å². The van der Waals surface area contributed by atoms with E-state index in [0.29, 0.717) is 18.4 Å². The van der Waals surface area contributed by atoms with Crippen LogP contribution in [0.2, 0.25) is 0 Å². The second kappa shape index (κ2) is 7.88. The Kier molecular flexibility index (Phi) is 5.41. The quantitative estimate of drug-likeness (QED) is 0.412. The van der Waals surface area contributed by atoms with Crippen molar-refractivity contribution in [2.45, 2.75) is 39.7 Å². The number of hydrogen-bond donors (Lipinski definition) is 0. The summed E-state index contributed by atoms with van der Waals surface area (Å²) in [7, 11) is 0. The number of fused-ring (bicyclic) bond motifs is 1. The van der Waals surface area contributed by atoms with E-state index in [4.69, 9.17) is 4.74 Å². The van der Waals surface area contributed by atoms with Crippen molar-refractivity contribution in [1.82, 2.24) is 4.57 Å². The minimum Gasteiger partial charge on any atom is -0.455 e. The largest absolute Gasteiger partial charge is 0.455 e. The van der Waals surface area contributed by atoms with Gasteiger partial charge in [0.1, 0.15) is 6.10 Å². The summed E-state index contributed by atoms with van der Waals surface area (Å²) in [6.45, 7) is 5.76. The second-order valence-corrected chi connectivity index (χ2v) is 9.23. The van der Waals surface area contributed by atoms with Gasteiger partial charge in [0, 0.05) is 34.0 Å². The molecule has 1 aliphatic carbocycles. The molecule has 1 heterocycles. The third-order valence-electron chi connectivity index (χ3n) is 5.61. The molecule has 0 aliphatic heterocycles. The van der Waals surface area contributed by atoms with Crippen molar-refractivity contribution in [3.05, 3.63) is 76.4 Å². The number of rotatable bonds is 4. The van der Waals surface area contributed by atoms with Crippen LogP contribution in [0.3, 0.4) is 0 Å². The Balaban J connectivity index is 2.02. The van der Waals surface area contributed by atoms with Crippen LogP contribution in [0.5, 0.6) is 0 Å². The number of Topliss-reactive ketones (excluding diaryl/α,β-unsaturated/α-hetero) is 1. The highest BCUT2D eigenvalue weighted by atomic mass is 79.9. The Bertz CT molecular complexity index is 1100. The van der Waals surface area contributed by atoms with E-state index >= 15 is 0 Å². The molecule has 0 saturated carbocycles. The van der Waals surface area contributed by atoms with Crippen LogP contribution in [-0.2, 0) is 9.53 Å². The number of benzene rings is 2. The zero-order valence-electron chi connectivity index (χ0n) is 17.3. The average Bonchev–Trinajstić information content (AvgIpc) is 3.12. The lowest BCUT2D eigenvalue weighted by atomic mass is 9.73. The van der Waals surface area contributed by atoms with Gasteiger partial charge in [-0.3, -0.25) is 9.59 Å². The summed E-state index contributed by atoms with van der Waals surface area (Å²) in [5, 5.41) is 0. The molecule has 1 unspecified atom stereocenters. The average molecular weight is 466 g/mol. The van der Waals surface area contributed by atoms with Gasteiger partial charge in [-0.1, -0.05) is 67.0 Å². The molecule has 0 radical (unpaired) electrons. The number of aromatic nitrogens is 1. The molecule has 154 valence electrons. The Morgan fingerprint density at radius 3 is 2.43 bits per heavy atom. The standard InChI is InChI=1S/C25H24BrNO3/c1-4-22(29)30-24-23-19(21(28)15-25(24,2)3)14-20(16-8-6-5-7-9-16)27(23)18-12-10-17(26)11-13-18/h5-14,24H,4,15H2,1-3H3. The number of carbonyl (C=O) groups is 2. The zero-order chi connectivity index (χ0) is 21.5. The fraction of sp³-hybridized carbons (Fsp3) is 0.280. The molecule has 4 nitrogen and oxygen atoms in total. The van der Waals surface area contributed by atoms with E-state index in [-0.39, 0.29) is 11.8 Å². The summed E-state index contributed by atoms with van der Waals surface area (Å²) in [5.41, 5.74) is 3.70. The molecular weight excluding hydrogens is 442 g/mol. The summed E-state index contributed by atoms with van der Waals surface area (Å²) < 4.78 is 8.99. The fourth-order valence-electron chi connectivity index (χ4n) is 4.10. The van der Waals surface area contributed by atoms with Gasteiger partial charge in [0.2, 0.25) is 0 Å². The van der Waals surface area contributed by atoms with E-state index < -0.39 is 11.5 Å². The Morgan fingerprint density at radius 1 is 1.13 bits per heavy atom. The van der Waals surface area contributed by atoms with Gasteiger partial charge >= 0.3 is 5.97 Å². The number of esters is 1. The predicted octanol–water partition coefficient (Wildman–Crippen LogP) is 6.51. The number of ketones is 1. The lowest BCUT2D eigenvalue weighted by Gasteiger charge is -2.38. The fourth-order valence-corrected chi connectivity index (χ4v) is 4.36. The molecule has 1 aliphatic rings. The molecule has 2 aromatic carbocycles. The first kappa shape index (κ1) is 20.6. The zero-order valence-corrected chi connectivity index (χ0v) is 18.9. The first-order valence-corrected chi connectivity index (χ1v) is 10.9. The van der Waals surface area contributed by atoms with Gasteiger partial charge in [-0.15, -0.1) is 0 Å². The molecule has 1 atom stereocenters. The molecule has 4 rings (SSSR count). The lowest BCUT2D eigenvalue weighted by molar-refractivity contribution is -0.156. The van der Waals surface area contributed by atoms with Gasteiger partial charge in [-0.05, 0) is 35.9 Å². The minimum atomic E-state index is -0.515. The molecule has 30 heavy (non-hydrogen) atoms. The van der Waals surface area contributed by atoms with Crippen molar-refractivity contribution < 1.29 is 14.3 Å². The second-order valence-electron chi connectivity index (χ2n) is 8.32. The monoisotopic (exact) mass is 465 g/mol. The van der Waals surface area contributed by atoms with Crippen LogP contribution in [-0.4, -0.2) is 16.3 Å². The summed E-state index contributed by atoms with van der Waals surface area (Å²) >= 11 is 3.50. The molecule has 0 spiro atoms. The van der Waals surface area contributed by atoms with Crippen molar-refractivity contribution in [2.24, 2.45) is 5.41 Å². The maximum Gasteiger partial charge on any atom is 0.306 e. The van der Waals surface area contributed by atoms with Gasteiger partial charge in [-0.2, -0.15) is 0 Å². The van der Waals surface area contributed by atoms with E-state index in [2.05, 4.69) is 20.5 Å². The number of nitrogens with zero attached hydrogens (tertiary/aromatic N) is 1. The van der Waals surface area contributed by atoms with E-state index in [0.717, 1.165) is 27.1 Å². The van der Waals surface area contributed by atoms with Crippen LogP contribution in [0.4, 0.5) is 0 Å². The number of halogens is 1. The van der Waals surface area contributed by atoms with Gasteiger partial charge < -0.3 is 9.30 Å². The summed E-state index contributed by atoms with van der Waals surface area (Å²) in [6.07, 6.45) is 0.111. The van der Waals surface area contributed by atoms with Gasteiger partial charge in [-0.25, -0.2) is 0 Å². The molecule has 0 bridgehead atoms. The van der Waals surface area contributed by atoms with Crippen LogP contribution < -0.4 is 0 Å². The van der Waals surface area contributed by atoms with Gasteiger partial charge in [0.25, 0.3) is 0 Å². The summed E-state index contributed by atoms with van der Waals surface area (Å²) in [6, 6.07) is 19.9. The highest BCUT2D eigenvalue weighted by Gasteiger charge is 2.45. The maximum absolute atomic E-state index is 13.1. The smallest absolute Gasteiger partial charge is 0.306 e. The third-order valence-corrected chi connectivity index (χ3v) is 6.13. The van der Waals surface area contributed by atoms with Crippen LogP contribution in [0.25, 0.3) is 16.9 Å². The predicted molar refractivity (Wildman–Crippen MR) is 121 cm³/mol.